The van der Waals surface area contributed by atoms with Gasteiger partial charge < -0.3 is 10.6 Å². The van der Waals surface area contributed by atoms with Gasteiger partial charge in [-0.15, -0.1) is 0 Å². The number of nitrogens with zero attached hydrogens (tertiary/aromatic N) is 1. The predicted molar refractivity (Wildman–Crippen MR) is 189 cm³/mol. The van der Waals surface area contributed by atoms with Crippen molar-refractivity contribution in [2.24, 2.45) is 4.99 Å². The van der Waals surface area contributed by atoms with Crippen LogP contribution in [0.25, 0.3) is 54.9 Å². The minimum Gasteiger partial charge on any atom is -0.352 e. The van der Waals surface area contributed by atoms with Gasteiger partial charge >= 0.3 is 0 Å². The Hall–Kier alpha value is -5.67. The molecule has 0 spiro atoms. The summed E-state index contributed by atoms with van der Waals surface area (Å²) in [6.07, 6.45) is 0. The highest BCUT2D eigenvalue weighted by Gasteiger charge is 2.24. The summed E-state index contributed by atoms with van der Waals surface area (Å²) in [4.78, 5) is 5.25. The molecule has 216 valence electrons. The van der Waals surface area contributed by atoms with E-state index in [4.69, 9.17) is 4.99 Å². The predicted octanol–water partition coefficient (Wildman–Crippen LogP) is 9.74. The Kier molecular flexibility index (Phi) is 7.05. The van der Waals surface area contributed by atoms with Crippen LogP contribution in [-0.2, 0) is 19.6 Å². The van der Waals surface area contributed by atoms with Gasteiger partial charge in [-0.2, -0.15) is 0 Å². The molecule has 0 fully saturated rings. The van der Waals surface area contributed by atoms with E-state index in [0.717, 1.165) is 5.96 Å². The van der Waals surface area contributed by atoms with Gasteiger partial charge in [-0.05, 0) is 83.7 Å². The number of fused-ring (bicyclic) bond motifs is 7. The van der Waals surface area contributed by atoms with Crippen LogP contribution in [0.3, 0.4) is 0 Å². The highest BCUT2D eigenvalue weighted by atomic mass is 15.2. The van der Waals surface area contributed by atoms with Crippen molar-refractivity contribution in [3.05, 3.63) is 168 Å². The Labute approximate surface area is 263 Å². The van der Waals surface area contributed by atoms with Gasteiger partial charge in [0.1, 0.15) is 0 Å². The first kappa shape index (κ1) is 26.9. The zero-order valence-corrected chi connectivity index (χ0v) is 25.0. The van der Waals surface area contributed by atoms with E-state index < -0.39 is 0 Å². The summed E-state index contributed by atoms with van der Waals surface area (Å²) in [5, 5.41) is 12.3. The molecule has 0 aliphatic carbocycles. The molecule has 45 heavy (non-hydrogen) atoms. The van der Waals surface area contributed by atoms with Crippen LogP contribution in [0, 0.1) is 0 Å². The summed E-state index contributed by atoms with van der Waals surface area (Å²) in [5.74, 6) is 0.803. The van der Waals surface area contributed by atoms with Crippen molar-refractivity contribution in [1.82, 2.24) is 10.6 Å². The third-order valence-corrected chi connectivity index (χ3v) is 8.86. The Morgan fingerprint density at radius 3 is 1.62 bits per heavy atom. The van der Waals surface area contributed by atoms with Crippen molar-refractivity contribution < 1.29 is 0 Å². The molecular formula is C42H33N3. The molecule has 0 bridgehead atoms. The van der Waals surface area contributed by atoms with E-state index in [1.807, 2.05) is 0 Å². The normalized spacial score (nSPS) is 12.7. The van der Waals surface area contributed by atoms with Crippen LogP contribution in [0.1, 0.15) is 16.7 Å². The first-order chi connectivity index (χ1) is 22.3. The molecule has 0 radical (unpaired) electrons. The first-order valence-electron chi connectivity index (χ1n) is 15.6. The standard InChI is InChI=1S/C42H33N3/c1-4-14-29(15-5-1)26-43-42-44-27-38-36(30-16-6-2-7-17-30)24-32-20-10-12-22-34(32)40(38)41-35-23-13-11-21-33(35)25-37(39(41)28-45-42)31-18-8-3-9-19-31/h1-25H,26-28H2,(H2,43,44,45). The fourth-order valence-electron chi connectivity index (χ4n) is 6.74. The van der Waals surface area contributed by atoms with Crippen LogP contribution in [0.5, 0.6) is 0 Å². The van der Waals surface area contributed by atoms with Gasteiger partial charge in [0, 0.05) is 13.1 Å². The molecule has 0 saturated carbocycles. The second kappa shape index (κ2) is 11.8. The van der Waals surface area contributed by atoms with Gasteiger partial charge in [-0.3, -0.25) is 0 Å². The van der Waals surface area contributed by atoms with Crippen LogP contribution in [0.4, 0.5) is 0 Å². The molecule has 2 N–H and O–H groups in total. The SMILES string of the molecule is c1ccc(CNC2=NCc3c(-c4ccccc4)cc4ccccc4c3-c3c(c(-c4ccccc4)cc4ccccc34)CN2)cc1. The van der Waals surface area contributed by atoms with Crippen LogP contribution >= 0.6 is 0 Å². The van der Waals surface area contributed by atoms with E-state index in [1.165, 1.54) is 71.6 Å². The topological polar surface area (TPSA) is 36.4 Å². The van der Waals surface area contributed by atoms with Gasteiger partial charge in [0.15, 0.2) is 5.96 Å². The molecule has 8 rings (SSSR count). The van der Waals surface area contributed by atoms with Crippen molar-refractivity contribution in [3.63, 3.8) is 0 Å². The fourth-order valence-corrected chi connectivity index (χ4v) is 6.74. The lowest BCUT2D eigenvalue weighted by Crippen LogP contribution is -2.36. The molecule has 3 nitrogen and oxygen atoms in total. The van der Waals surface area contributed by atoms with Crippen molar-refractivity contribution in [2.75, 3.05) is 0 Å². The molecule has 7 aromatic rings. The van der Waals surface area contributed by atoms with E-state index in [9.17, 15) is 0 Å². The number of hydrogen-bond acceptors (Lipinski definition) is 3. The summed E-state index contributed by atoms with van der Waals surface area (Å²) in [5.41, 5.74) is 11.1. The average molecular weight is 580 g/mol. The molecule has 0 atom stereocenters. The largest absolute Gasteiger partial charge is 0.352 e. The maximum atomic E-state index is 5.25. The summed E-state index contributed by atoms with van der Waals surface area (Å²) in [6, 6.07) is 54.4. The summed E-state index contributed by atoms with van der Waals surface area (Å²) in [7, 11) is 0. The van der Waals surface area contributed by atoms with Crippen LogP contribution in [-0.4, -0.2) is 5.96 Å². The van der Waals surface area contributed by atoms with Gasteiger partial charge in [-0.1, -0.05) is 140 Å². The second-order valence-corrected chi connectivity index (χ2v) is 11.6. The molecule has 0 saturated heterocycles. The lowest BCUT2D eigenvalue weighted by molar-refractivity contribution is 0.802. The molecule has 1 aliphatic heterocycles. The second-order valence-electron chi connectivity index (χ2n) is 11.6. The molecular weight excluding hydrogens is 546 g/mol. The smallest absolute Gasteiger partial charge is 0.192 e. The highest BCUT2D eigenvalue weighted by Crippen LogP contribution is 2.46. The van der Waals surface area contributed by atoms with Gasteiger partial charge in [-0.25, -0.2) is 4.99 Å². The summed E-state index contributed by atoms with van der Waals surface area (Å²) < 4.78 is 0. The lowest BCUT2D eigenvalue weighted by Gasteiger charge is -2.23. The van der Waals surface area contributed by atoms with Gasteiger partial charge in [0.25, 0.3) is 0 Å². The quantitative estimate of drug-likeness (QED) is 0.218. The highest BCUT2D eigenvalue weighted by molar-refractivity contribution is 6.12. The van der Waals surface area contributed by atoms with Crippen molar-refractivity contribution in [3.8, 4) is 33.4 Å². The molecule has 0 amide bonds. The third kappa shape index (κ3) is 5.13. The number of guanidine groups is 1. The van der Waals surface area contributed by atoms with Crippen molar-refractivity contribution >= 4 is 27.5 Å². The summed E-state index contributed by atoms with van der Waals surface area (Å²) in [6.45, 7) is 1.87. The first-order valence-corrected chi connectivity index (χ1v) is 15.6. The Morgan fingerprint density at radius 2 is 1.02 bits per heavy atom. The number of nitrogens with one attached hydrogen (secondary N) is 2. The number of hydrogen-bond donors (Lipinski definition) is 2. The van der Waals surface area contributed by atoms with E-state index in [1.54, 1.807) is 0 Å². The minimum atomic E-state index is 0.540. The maximum absolute atomic E-state index is 5.25. The molecule has 0 aromatic heterocycles. The molecule has 1 heterocycles. The van der Waals surface area contributed by atoms with E-state index in [2.05, 4.69) is 162 Å². The monoisotopic (exact) mass is 579 g/mol. The third-order valence-electron chi connectivity index (χ3n) is 8.86. The van der Waals surface area contributed by atoms with E-state index in [-0.39, 0.29) is 0 Å². The van der Waals surface area contributed by atoms with Crippen molar-refractivity contribution in [2.45, 2.75) is 19.6 Å². The molecule has 3 heteroatoms. The Morgan fingerprint density at radius 1 is 0.533 bits per heavy atom. The number of rotatable bonds is 4. The van der Waals surface area contributed by atoms with Gasteiger partial charge in [0.2, 0.25) is 0 Å². The summed E-state index contributed by atoms with van der Waals surface area (Å²) >= 11 is 0. The van der Waals surface area contributed by atoms with E-state index in [0.29, 0.717) is 19.6 Å². The minimum absolute atomic E-state index is 0.540. The average Bonchev–Trinajstić information content (AvgIpc) is 3.19. The zero-order chi connectivity index (χ0) is 30.0. The number of aliphatic imine (C=N–C) groups is 1. The molecule has 1 aliphatic rings. The lowest BCUT2D eigenvalue weighted by atomic mass is 9.81. The molecule has 0 unspecified atom stereocenters. The van der Waals surface area contributed by atoms with E-state index >= 15 is 0 Å². The fraction of sp³-hybridized carbons (Fsp3) is 0.0714. The Balaban J connectivity index is 1.45. The Bertz CT molecular complexity index is 2170. The van der Waals surface area contributed by atoms with Crippen LogP contribution < -0.4 is 10.6 Å². The van der Waals surface area contributed by atoms with Crippen molar-refractivity contribution in [1.29, 1.82) is 0 Å². The van der Waals surface area contributed by atoms with Gasteiger partial charge in [0.05, 0.1) is 6.54 Å². The zero-order valence-electron chi connectivity index (χ0n) is 25.0. The molecule has 7 aromatic carbocycles. The maximum Gasteiger partial charge on any atom is 0.192 e. The number of benzene rings is 7. The van der Waals surface area contributed by atoms with Crippen LogP contribution in [0.2, 0.25) is 0 Å². The van der Waals surface area contributed by atoms with Crippen LogP contribution in [0.15, 0.2) is 157 Å².